The van der Waals surface area contributed by atoms with Gasteiger partial charge in [-0.1, -0.05) is 30.3 Å². The van der Waals surface area contributed by atoms with E-state index in [4.69, 9.17) is 5.26 Å². The van der Waals surface area contributed by atoms with E-state index in [0.717, 1.165) is 5.56 Å². The van der Waals surface area contributed by atoms with Crippen molar-refractivity contribution >= 4 is 22.4 Å². The number of hydrogen-bond acceptors (Lipinski definition) is 6. The van der Waals surface area contributed by atoms with Crippen LogP contribution in [0.4, 0.5) is 10.2 Å². The average Bonchev–Trinajstić information content (AvgIpc) is 2.84. The Morgan fingerprint density at radius 2 is 1.82 bits per heavy atom. The van der Waals surface area contributed by atoms with Gasteiger partial charge in [0.1, 0.15) is 17.3 Å². The zero-order valence-electron chi connectivity index (χ0n) is 18.6. The molecule has 0 unspecified atom stereocenters. The van der Waals surface area contributed by atoms with Gasteiger partial charge < -0.3 is 10.1 Å². The molecule has 0 fully saturated rings. The molecule has 0 saturated heterocycles. The van der Waals surface area contributed by atoms with Crippen LogP contribution in [0.5, 0.6) is 0 Å². The number of nitriles is 1. The van der Waals surface area contributed by atoms with Crippen LogP contribution in [0.2, 0.25) is 0 Å². The van der Waals surface area contributed by atoms with E-state index in [1.807, 2.05) is 0 Å². The summed E-state index contributed by atoms with van der Waals surface area (Å²) in [7, 11) is 0. The predicted octanol–water partition coefficient (Wildman–Crippen LogP) is 4.30. The van der Waals surface area contributed by atoms with Gasteiger partial charge in [-0.15, -0.1) is 0 Å². The third-order valence-corrected chi connectivity index (χ3v) is 5.40. The zero-order chi connectivity index (χ0) is 24.1. The molecule has 2 heterocycles. The maximum absolute atomic E-state index is 15.1. The molecule has 0 radical (unpaired) electrons. The number of pyridine rings is 1. The van der Waals surface area contributed by atoms with Crippen molar-refractivity contribution in [1.29, 1.82) is 5.26 Å². The number of aromatic nitrogens is 3. The number of nitrogens with zero attached hydrogens (tertiary/aromatic N) is 4. The molecular formula is C26H22FN5O2. The molecule has 4 rings (SSSR count). The minimum atomic E-state index is -0.710. The molecule has 170 valence electrons. The first kappa shape index (κ1) is 22.8. The average molecular weight is 455 g/mol. The number of nitrogens with one attached hydrogen (secondary N) is 1. The van der Waals surface area contributed by atoms with Crippen molar-refractivity contribution < 1.29 is 9.18 Å². The molecule has 0 atom stereocenters. The summed E-state index contributed by atoms with van der Waals surface area (Å²) in [6.07, 6.45) is 1.08. The van der Waals surface area contributed by atoms with E-state index >= 15 is 4.39 Å². The first-order valence-electron chi connectivity index (χ1n) is 10.9. The normalized spacial score (nSPS) is 10.7. The molecule has 0 aliphatic carbocycles. The molecule has 4 aromatic rings. The molecule has 0 amide bonds. The van der Waals surface area contributed by atoms with E-state index in [1.165, 1.54) is 11.6 Å². The second kappa shape index (κ2) is 10.0. The molecule has 0 saturated carbocycles. The lowest BCUT2D eigenvalue weighted by Crippen LogP contribution is -2.24. The van der Waals surface area contributed by atoms with Gasteiger partial charge in [0.2, 0.25) is 5.95 Å². The molecule has 0 aliphatic heterocycles. The maximum atomic E-state index is 15.1. The number of carbonyl (C=O) groups excluding carboxylic acids is 1. The van der Waals surface area contributed by atoms with Crippen molar-refractivity contribution in [3.8, 4) is 17.3 Å². The van der Waals surface area contributed by atoms with Gasteiger partial charge in [0.05, 0.1) is 29.1 Å². The fourth-order valence-electron chi connectivity index (χ4n) is 3.66. The van der Waals surface area contributed by atoms with E-state index < -0.39 is 5.95 Å². The number of benzene rings is 2. The lowest BCUT2D eigenvalue weighted by atomic mass is 10.1. The highest BCUT2D eigenvalue weighted by Gasteiger charge is 2.17. The Labute approximate surface area is 195 Å². The number of halogens is 1. The van der Waals surface area contributed by atoms with Gasteiger partial charge in [-0.2, -0.15) is 14.8 Å². The van der Waals surface area contributed by atoms with Crippen LogP contribution in [0.25, 0.3) is 22.0 Å². The van der Waals surface area contributed by atoms with Crippen molar-refractivity contribution in [3.05, 3.63) is 88.1 Å². The molecule has 0 bridgehead atoms. The Morgan fingerprint density at radius 3 is 2.50 bits per heavy atom. The first-order chi connectivity index (χ1) is 16.5. The van der Waals surface area contributed by atoms with Crippen LogP contribution in [-0.2, 0) is 11.3 Å². The number of Topliss-reactive ketones (excluding diaryl/α,β-unsaturated/α-hetero) is 1. The number of anilines is 1. The van der Waals surface area contributed by atoms with Crippen LogP contribution in [0.15, 0.2) is 65.5 Å². The van der Waals surface area contributed by atoms with Gasteiger partial charge in [0, 0.05) is 18.4 Å². The van der Waals surface area contributed by atoms with Crippen molar-refractivity contribution in [2.45, 2.75) is 26.3 Å². The van der Waals surface area contributed by atoms with Gasteiger partial charge in [-0.25, -0.2) is 9.67 Å². The van der Waals surface area contributed by atoms with Gasteiger partial charge in [0.15, 0.2) is 0 Å². The Morgan fingerprint density at radius 1 is 1.09 bits per heavy atom. The molecular weight excluding hydrogens is 433 g/mol. The van der Waals surface area contributed by atoms with Gasteiger partial charge in [0.25, 0.3) is 5.56 Å². The topological polar surface area (TPSA) is 101 Å². The Kier molecular flexibility index (Phi) is 6.74. The van der Waals surface area contributed by atoms with Crippen LogP contribution in [0.1, 0.15) is 30.9 Å². The summed E-state index contributed by atoms with van der Waals surface area (Å²) in [5.74, 6) is -0.247. The van der Waals surface area contributed by atoms with Gasteiger partial charge in [-0.3, -0.25) is 4.79 Å². The standard InChI is InChI=1S/C26H22FN5O2/c1-17(33)5-4-14-29-23-13-12-22(25(27)30-23)24-20-6-2-3-7-21(20)26(34)32(31-24)16-19-10-8-18(15-28)9-11-19/h2-3,6-13H,4-5,14,16H2,1H3,(H,29,30). The number of fused-ring (bicyclic) bond motifs is 1. The first-order valence-corrected chi connectivity index (χ1v) is 10.9. The van der Waals surface area contributed by atoms with Gasteiger partial charge >= 0.3 is 0 Å². The lowest BCUT2D eigenvalue weighted by molar-refractivity contribution is -0.117. The molecule has 2 aromatic heterocycles. The molecule has 0 spiro atoms. The maximum Gasteiger partial charge on any atom is 0.274 e. The highest BCUT2D eigenvalue weighted by atomic mass is 19.1. The lowest BCUT2D eigenvalue weighted by Gasteiger charge is -2.13. The van der Waals surface area contributed by atoms with Crippen LogP contribution in [-0.4, -0.2) is 27.1 Å². The monoisotopic (exact) mass is 455 g/mol. The fourth-order valence-corrected chi connectivity index (χ4v) is 3.66. The van der Waals surface area contributed by atoms with E-state index in [-0.39, 0.29) is 23.5 Å². The second-order valence-electron chi connectivity index (χ2n) is 7.93. The van der Waals surface area contributed by atoms with E-state index in [9.17, 15) is 9.59 Å². The van der Waals surface area contributed by atoms with Crippen molar-refractivity contribution in [1.82, 2.24) is 14.8 Å². The number of rotatable bonds is 8. The quantitative estimate of drug-likeness (QED) is 0.314. The smallest absolute Gasteiger partial charge is 0.274 e. The molecule has 7 nitrogen and oxygen atoms in total. The Balaban J connectivity index is 1.70. The van der Waals surface area contributed by atoms with Crippen LogP contribution in [0, 0.1) is 17.3 Å². The molecule has 34 heavy (non-hydrogen) atoms. The summed E-state index contributed by atoms with van der Waals surface area (Å²) >= 11 is 0. The number of carbonyl (C=O) groups is 1. The van der Waals surface area contributed by atoms with E-state index in [1.54, 1.807) is 60.7 Å². The second-order valence-corrected chi connectivity index (χ2v) is 7.93. The molecule has 2 aromatic carbocycles. The highest BCUT2D eigenvalue weighted by Crippen LogP contribution is 2.27. The summed E-state index contributed by atoms with van der Waals surface area (Å²) in [4.78, 5) is 28.2. The third-order valence-electron chi connectivity index (χ3n) is 5.40. The van der Waals surface area contributed by atoms with Crippen LogP contribution < -0.4 is 10.9 Å². The summed E-state index contributed by atoms with van der Waals surface area (Å²) in [6.45, 7) is 2.21. The Bertz CT molecular complexity index is 1460. The van der Waals surface area contributed by atoms with Crippen molar-refractivity contribution in [2.75, 3.05) is 11.9 Å². The van der Waals surface area contributed by atoms with Crippen LogP contribution in [0.3, 0.4) is 0 Å². The largest absolute Gasteiger partial charge is 0.370 e. The SMILES string of the molecule is CC(=O)CCCNc1ccc(-c2nn(Cc3ccc(C#N)cc3)c(=O)c3ccccc23)c(F)n1. The van der Waals surface area contributed by atoms with Gasteiger partial charge in [-0.05, 0) is 49.2 Å². The molecule has 0 aliphatic rings. The summed E-state index contributed by atoms with van der Waals surface area (Å²) in [6, 6.07) is 19.1. The van der Waals surface area contributed by atoms with Crippen molar-refractivity contribution in [3.63, 3.8) is 0 Å². The third kappa shape index (κ3) is 4.99. The van der Waals surface area contributed by atoms with Crippen LogP contribution >= 0.6 is 0 Å². The Hall–Kier alpha value is -4.38. The summed E-state index contributed by atoms with van der Waals surface area (Å²) in [5, 5.41) is 17.5. The number of ketones is 1. The van der Waals surface area contributed by atoms with Crippen molar-refractivity contribution in [2.24, 2.45) is 0 Å². The summed E-state index contributed by atoms with van der Waals surface area (Å²) < 4.78 is 16.4. The minimum absolute atomic E-state index is 0.102. The fraction of sp³-hybridized carbons (Fsp3) is 0.192. The van der Waals surface area contributed by atoms with E-state index in [2.05, 4.69) is 21.5 Å². The molecule has 1 N–H and O–H groups in total. The minimum Gasteiger partial charge on any atom is -0.370 e. The number of hydrogen-bond donors (Lipinski definition) is 1. The van der Waals surface area contributed by atoms with E-state index in [0.29, 0.717) is 47.2 Å². The zero-order valence-corrected chi connectivity index (χ0v) is 18.6. The molecule has 8 heteroatoms. The predicted molar refractivity (Wildman–Crippen MR) is 128 cm³/mol. The highest BCUT2D eigenvalue weighted by molar-refractivity contribution is 5.93. The summed E-state index contributed by atoms with van der Waals surface area (Å²) in [5.41, 5.74) is 1.52.